The number of nitrogens with one attached hydrogen (secondary N) is 2. The van der Waals surface area contributed by atoms with E-state index in [2.05, 4.69) is 59.7 Å². The summed E-state index contributed by atoms with van der Waals surface area (Å²) in [7, 11) is 0. The van der Waals surface area contributed by atoms with Gasteiger partial charge in [0.15, 0.2) is 5.96 Å². The van der Waals surface area contributed by atoms with Gasteiger partial charge >= 0.3 is 0 Å². The Bertz CT molecular complexity index is 899. The molecular formula is C25H38IN5O. The van der Waals surface area contributed by atoms with E-state index in [1.807, 2.05) is 23.6 Å². The smallest absolute Gasteiger partial charge is 0.250 e. The van der Waals surface area contributed by atoms with E-state index < -0.39 is 0 Å². The highest BCUT2D eigenvalue weighted by atomic mass is 127. The molecule has 2 N–H and O–H groups in total. The van der Waals surface area contributed by atoms with Crippen LogP contribution in [0.5, 0.6) is 0 Å². The molecule has 0 saturated carbocycles. The van der Waals surface area contributed by atoms with E-state index in [-0.39, 0.29) is 29.5 Å². The minimum absolute atomic E-state index is 0. The minimum atomic E-state index is 0. The van der Waals surface area contributed by atoms with Crippen molar-refractivity contribution >= 4 is 29.9 Å². The fourth-order valence-corrected chi connectivity index (χ4v) is 4.24. The number of unbranched alkanes of at least 4 members (excludes halogenated alkanes) is 1. The van der Waals surface area contributed by atoms with Crippen LogP contribution in [0.3, 0.4) is 0 Å². The molecule has 2 unspecified atom stereocenters. The maximum atomic E-state index is 12.0. The summed E-state index contributed by atoms with van der Waals surface area (Å²) < 4.78 is 1.84. The van der Waals surface area contributed by atoms with Crippen LogP contribution in [-0.4, -0.2) is 47.1 Å². The second-order valence-corrected chi connectivity index (χ2v) is 8.47. The van der Waals surface area contributed by atoms with E-state index in [1.54, 1.807) is 6.07 Å². The molecule has 1 saturated heterocycles. The van der Waals surface area contributed by atoms with Gasteiger partial charge in [-0.25, -0.2) is 0 Å². The van der Waals surface area contributed by atoms with Gasteiger partial charge < -0.3 is 15.2 Å². The van der Waals surface area contributed by atoms with Crippen molar-refractivity contribution in [2.45, 2.75) is 65.2 Å². The number of halogens is 1. The van der Waals surface area contributed by atoms with E-state index >= 15 is 0 Å². The van der Waals surface area contributed by atoms with Crippen LogP contribution in [-0.2, 0) is 13.1 Å². The highest BCUT2D eigenvalue weighted by Gasteiger charge is 2.29. The Morgan fingerprint density at radius 3 is 2.62 bits per heavy atom. The number of pyridine rings is 1. The molecule has 3 rings (SSSR count). The van der Waals surface area contributed by atoms with Crippen molar-refractivity contribution < 1.29 is 0 Å². The van der Waals surface area contributed by atoms with Crippen molar-refractivity contribution in [2.75, 3.05) is 19.6 Å². The monoisotopic (exact) mass is 551 g/mol. The highest BCUT2D eigenvalue weighted by Crippen LogP contribution is 2.20. The molecule has 0 radical (unpaired) electrons. The molecular weight excluding hydrogens is 513 g/mol. The normalized spacial score (nSPS) is 18.9. The summed E-state index contributed by atoms with van der Waals surface area (Å²) in [6.45, 7) is 10.8. The van der Waals surface area contributed by atoms with Crippen molar-refractivity contribution in [1.29, 1.82) is 0 Å². The number of aryl methyl sites for hydroxylation is 1. The minimum Gasteiger partial charge on any atom is -0.357 e. The number of guanidine groups is 1. The van der Waals surface area contributed by atoms with Crippen molar-refractivity contribution in [1.82, 2.24) is 20.1 Å². The number of hydrogen-bond donors (Lipinski definition) is 2. The third kappa shape index (κ3) is 7.92. The Hall–Kier alpha value is -1.87. The van der Waals surface area contributed by atoms with Gasteiger partial charge in [0.2, 0.25) is 0 Å². The van der Waals surface area contributed by atoms with Crippen LogP contribution in [0.15, 0.2) is 58.3 Å². The Labute approximate surface area is 209 Å². The molecule has 6 nitrogen and oxygen atoms in total. The number of aromatic nitrogens is 1. The lowest BCUT2D eigenvalue weighted by Crippen LogP contribution is -2.44. The van der Waals surface area contributed by atoms with Crippen molar-refractivity contribution in [3.05, 3.63) is 70.1 Å². The first kappa shape index (κ1) is 26.4. The Kier molecular flexibility index (Phi) is 11.2. The van der Waals surface area contributed by atoms with Crippen LogP contribution in [0.2, 0.25) is 0 Å². The molecule has 2 heterocycles. The SMILES string of the molecule is CCNC(=NCCCCn1c(C)cccc1=O)NC1CC(C)N(Cc2ccccc2)C1.I. The van der Waals surface area contributed by atoms with Gasteiger partial charge in [-0.05, 0) is 51.7 Å². The molecule has 2 atom stereocenters. The van der Waals surface area contributed by atoms with Gasteiger partial charge in [-0.2, -0.15) is 0 Å². The predicted octanol–water partition coefficient (Wildman–Crippen LogP) is 3.77. The Morgan fingerprint density at radius 2 is 1.91 bits per heavy atom. The number of rotatable bonds is 9. The predicted molar refractivity (Wildman–Crippen MR) is 144 cm³/mol. The first-order chi connectivity index (χ1) is 15.1. The maximum Gasteiger partial charge on any atom is 0.250 e. The van der Waals surface area contributed by atoms with Gasteiger partial charge in [-0.1, -0.05) is 36.4 Å². The number of benzene rings is 1. The van der Waals surface area contributed by atoms with Crippen molar-refractivity contribution in [3.8, 4) is 0 Å². The second kappa shape index (κ2) is 13.6. The third-order valence-corrected chi connectivity index (χ3v) is 5.95. The molecule has 0 spiro atoms. The van der Waals surface area contributed by atoms with Gasteiger partial charge in [0.1, 0.15) is 0 Å². The molecule has 0 amide bonds. The van der Waals surface area contributed by atoms with Gasteiger partial charge in [-0.3, -0.25) is 14.7 Å². The summed E-state index contributed by atoms with van der Waals surface area (Å²) in [5, 5.41) is 7.01. The topological polar surface area (TPSA) is 61.7 Å². The second-order valence-electron chi connectivity index (χ2n) is 8.47. The summed E-state index contributed by atoms with van der Waals surface area (Å²) in [5.41, 5.74) is 2.46. The molecule has 1 fully saturated rings. The van der Waals surface area contributed by atoms with Crippen molar-refractivity contribution in [3.63, 3.8) is 0 Å². The molecule has 2 aromatic rings. The summed E-state index contributed by atoms with van der Waals surface area (Å²) in [4.78, 5) is 19.3. The van der Waals surface area contributed by atoms with E-state index in [0.29, 0.717) is 12.1 Å². The molecule has 0 bridgehead atoms. The fourth-order valence-electron chi connectivity index (χ4n) is 4.24. The van der Waals surface area contributed by atoms with E-state index in [9.17, 15) is 4.79 Å². The van der Waals surface area contributed by atoms with E-state index in [1.165, 1.54) is 5.56 Å². The molecule has 32 heavy (non-hydrogen) atoms. The standard InChI is InChI=1S/C25H37N5O.HI/c1-4-26-25(27-15-8-9-16-30-20(2)11-10-14-24(30)31)28-23-17-21(3)29(19-23)18-22-12-6-5-7-13-22;/h5-7,10-14,21,23H,4,8-9,15-19H2,1-3H3,(H2,26,27,28);1H. The summed E-state index contributed by atoms with van der Waals surface area (Å²) in [5.74, 6) is 0.898. The Morgan fingerprint density at radius 1 is 1.12 bits per heavy atom. The van der Waals surface area contributed by atoms with Crippen LogP contribution >= 0.6 is 24.0 Å². The highest BCUT2D eigenvalue weighted by molar-refractivity contribution is 14.0. The van der Waals surface area contributed by atoms with Gasteiger partial charge in [-0.15, -0.1) is 24.0 Å². The molecule has 1 aliphatic rings. The summed E-state index contributed by atoms with van der Waals surface area (Å²) in [6, 6.07) is 17.1. The zero-order chi connectivity index (χ0) is 22.1. The van der Waals surface area contributed by atoms with Gasteiger partial charge in [0, 0.05) is 56.6 Å². The molecule has 1 aromatic heterocycles. The fraction of sp³-hybridized carbons (Fsp3) is 0.520. The number of nitrogens with zero attached hydrogens (tertiary/aromatic N) is 3. The van der Waals surface area contributed by atoms with E-state index in [4.69, 9.17) is 4.99 Å². The lowest BCUT2D eigenvalue weighted by molar-refractivity contribution is 0.258. The average Bonchev–Trinajstić information content (AvgIpc) is 3.09. The van der Waals surface area contributed by atoms with Gasteiger partial charge in [0.25, 0.3) is 5.56 Å². The first-order valence-electron chi connectivity index (χ1n) is 11.6. The quantitative estimate of drug-likeness (QED) is 0.216. The van der Waals surface area contributed by atoms with Crippen LogP contribution in [0.25, 0.3) is 0 Å². The van der Waals surface area contributed by atoms with E-state index in [0.717, 1.165) is 63.6 Å². The number of likely N-dealkylation sites (tertiary alicyclic amines) is 1. The van der Waals surface area contributed by atoms with Gasteiger partial charge in [0.05, 0.1) is 0 Å². The lowest BCUT2D eigenvalue weighted by atomic mass is 10.2. The van der Waals surface area contributed by atoms with Crippen LogP contribution in [0.4, 0.5) is 0 Å². The molecule has 7 heteroatoms. The maximum absolute atomic E-state index is 12.0. The zero-order valence-corrected chi connectivity index (χ0v) is 21.9. The summed E-state index contributed by atoms with van der Waals surface area (Å²) in [6.07, 6.45) is 3.02. The molecule has 1 aromatic carbocycles. The third-order valence-electron chi connectivity index (χ3n) is 5.95. The Balaban J connectivity index is 0.00000363. The zero-order valence-electron chi connectivity index (χ0n) is 19.6. The average molecular weight is 552 g/mol. The van der Waals surface area contributed by atoms with Crippen molar-refractivity contribution in [2.24, 2.45) is 4.99 Å². The molecule has 0 aliphatic carbocycles. The molecule has 176 valence electrons. The van der Waals surface area contributed by atoms with Crippen LogP contribution in [0, 0.1) is 6.92 Å². The molecule has 1 aliphatic heterocycles. The van der Waals surface area contributed by atoms with Crippen LogP contribution in [0.1, 0.15) is 44.4 Å². The number of hydrogen-bond acceptors (Lipinski definition) is 3. The lowest BCUT2D eigenvalue weighted by Gasteiger charge is -2.21. The summed E-state index contributed by atoms with van der Waals surface area (Å²) >= 11 is 0. The number of aliphatic imine (C=N–C) groups is 1. The largest absolute Gasteiger partial charge is 0.357 e. The first-order valence-corrected chi connectivity index (χ1v) is 11.6. The van der Waals surface area contributed by atoms with Crippen LogP contribution < -0.4 is 16.2 Å².